The van der Waals surface area contributed by atoms with E-state index in [1.54, 1.807) is 0 Å². The molecule has 174 valence electrons. The minimum atomic E-state index is -1.30. The summed E-state index contributed by atoms with van der Waals surface area (Å²) in [6, 6.07) is 29.1. The first-order chi connectivity index (χ1) is 16.2. The molecule has 3 aromatic rings. The standard InChI is InChI=1S/C27H30O6/c28-24-25(31-17-21-12-6-2-7-13-21)23(19-30-16-20-10-4-1-5-11-20)33-27(29)26(24)32-18-22-14-8-3-9-15-22/h1-15,23-29H,16-19H2/t23-,24+,25+,26-,27?/m1/s1. The molecule has 1 unspecified atom stereocenters. The lowest BCUT2D eigenvalue weighted by molar-refractivity contribution is -0.308. The van der Waals surface area contributed by atoms with Crippen LogP contribution in [0.2, 0.25) is 0 Å². The normalized spacial score (nSPS) is 25.1. The highest BCUT2D eigenvalue weighted by Crippen LogP contribution is 2.27. The van der Waals surface area contributed by atoms with Crippen molar-refractivity contribution >= 4 is 0 Å². The number of rotatable bonds is 10. The summed E-state index contributed by atoms with van der Waals surface area (Å²) in [5, 5.41) is 21.7. The van der Waals surface area contributed by atoms with Gasteiger partial charge in [0.2, 0.25) is 0 Å². The quantitative estimate of drug-likeness (QED) is 0.493. The highest BCUT2D eigenvalue weighted by Gasteiger charge is 2.46. The van der Waals surface area contributed by atoms with E-state index in [1.165, 1.54) is 0 Å². The molecule has 1 aliphatic heterocycles. The Morgan fingerprint density at radius 2 is 1.06 bits per heavy atom. The third-order valence-corrected chi connectivity index (χ3v) is 5.60. The fourth-order valence-electron chi connectivity index (χ4n) is 3.83. The van der Waals surface area contributed by atoms with Gasteiger partial charge in [0.1, 0.15) is 24.4 Å². The highest BCUT2D eigenvalue weighted by molar-refractivity contribution is 5.15. The van der Waals surface area contributed by atoms with Crippen molar-refractivity contribution in [3.8, 4) is 0 Å². The zero-order valence-electron chi connectivity index (χ0n) is 18.4. The van der Waals surface area contributed by atoms with Crippen molar-refractivity contribution in [3.05, 3.63) is 108 Å². The third-order valence-electron chi connectivity index (χ3n) is 5.60. The van der Waals surface area contributed by atoms with Gasteiger partial charge in [0, 0.05) is 0 Å². The molecule has 33 heavy (non-hydrogen) atoms. The topological polar surface area (TPSA) is 77.4 Å². The van der Waals surface area contributed by atoms with Crippen LogP contribution < -0.4 is 0 Å². The van der Waals surface area contributed by atoms with Crippen LogP contribution in [0.4, 0.5) is 0 Å². The highest BCUT2D eigenvalue weighted by atomic mass is 16.7. The molecule has 1 heterocycles. The van der Waals surface area contributed by atoms with E-state index < -0.39 is 30.7 Å². The van der Waals surface area contributed by atoms with Crippen molar-refractivity contribution < 1.29 is 29.2 Å². The van der Waals surface area contributed by atoms with Crippen molar-refractivity contribution in [2.45, 2.75) is 50.5 Å². The van der Waals surface area contributed by atoms with Crippen LogP contribution in [-0.4, -0.2) is 47.5 Å². The van der Waals surface area contributed by atoms with Crippen molar-refractivity contribution in [2.24, 2.45) is 0 Å². The van der Waals surface area contributed by atoms with Crippen LogP contribution in [0.1, 0.15) is 16.7 Å². The lowest BCUT2D eigenvalue weighted by Gasteiger charge is -2.42. The molecule has 6 heteroatoms. The Hall–Kier alpha value is -2.58. The van der Waals surface area contributed by atoms with Gasteiger partial charge in [-0.3, -0.25) is 0 Å². The molecule has 1 aliphatic rings. The van der Waals surface area contributed by atoms with E-state index in [9.17, 15) is 10.2 Å². The van der Waals surface area contributed by atoms with Gasteiger partial charge in [-0.2, -0.15) is 0 Å². The molecule has 0 spiro atoms. The Morgan fingerprint density at radius 1 is 0.606 bits per heavy atom. The van der Waals surface area contributed by atoms with E-state index in [4.69, 9.17) is 18.9 Å². The van der Waals surface area contributed by atoms with Gasteiger partial charge >= 0.3 is 0 Å². The number of ether oxygens (including phenoxy) is 4. The van der Waals surface area contributed by atoms with Crippen molar-refractivity contribution in [3.63, 3.8) is 0 Å². The zero-order chi connectivity index (χ0) is 22.9. The van der Waals surface area contributed by atoms with Gasteiger partial charge in [-0.1, -0.05) is 91.0 Å². The molecule has 1 fully saturated rings. The summed E-state index contributed by atoms with van der Waals surface area (Å²) in [6.07, 6.45) is -4.72. The summed E-state index contributed by atoms with van der Waals surface area (Å²) in [6.45, 7) is 1.09. The molecule has 0 amide bonds. The van der Waals surface area contributed by atoms with Crippen LogP contribution in [-0.2, 0) is 38.8 Å². The van der Waals surface area contributed by atoms with Crippen molar-refractivity contribution in [1.29, 1.82) is 0 Å². The van der Waals surface area contributed by atoms with Crippen LogP contribution >= 0.6 is 0 Å². The summed E-state index contributed by atoms with van der Waals surface area (Å²) in [5.41, 5.74) is 2.94. The molecule has 2 N–H and O–H groups in total. The Morgan fingerprint density at radius 3 is 1.58 bits per heavy atom. The first-order valence-electron chi connectivity index (χ1n) is 11.1. The minimum absolute atomic E-state index is 0.161. The predicted octanol–water partition coefficient (Wildman–Crippen LogP) is 3.45. The smallest absolute Gasteiger partial charge is 0.184 e. The third kappa shape index (κ3) is 6.71. The van der Waals surface area contributed by atoms with E-state index in [-0.39, 0.29) is 13.2 Å². The molecule has 0 bridgehead atoms. The summed E-state index contributed by atoms with van der Waals surface area (Å²) in [7, 11) is 0. The average molecular weight is 451 g/mol. The van der Waals surface area contributed by atoms with E-state index in [2.05, 4.69) is 0 Å². The Labute approximate surface area is 194 Å². The van der Waals surface area contributed by atoms with Crippen molar-refractivity contribution in [2.75, 3.05) is 6.61 Å². The maximum atomic E-state index is 11.1. The fourth-order valence-corrected chi connectivity index (χ4v) is 3.83. The van der Waals surface area contributed by atoms with Crippen LogP contribution in [0.25, 0.3) is 0 Å². The predicted molar refractivity (Wildman–Crippen MR) is 123 cm³/mol. The Bertz CT molecular complexity index is 935. The monoisotopic (exact) mass is 450 g/mol. The summed E-state index contributed by atoms with van der Waals surface area (Å²) >= 11 is 0. The second kappa shape index (κ2) is 12.0. The van der Waals surface area contributed by atoms with Gasteiger partial charge in [0.25, 0.3) is 0 Å². The molecule has 0 aromatic heterocycles. The van der Waals surface area contributed by atoms with Crippen LogP contribution in [0.3, 0.4) is 0 Å². The van der Waals surface area contributed by atoms with E-state index >= 15 is 0 Å². The van der Waals surface area contributed by atoms with Crippen LogP contribution in [0.15, 0.2) is 91.0 Å². The van der Waals surface area contributed by atoms with Gasteiger partial charge in [0.15, 0.2) is 6.29 Å². The van der Waals surface area contributed by atoms with Crippen molar-refractivity contribution in [1.82, 2.24) is 0 Å². The van der Waals surface area contributed by atoms with Crippen LogP contribution in [0, 0.1) is 0 Å². The molecule has 5 atom stereocenters. The second-order valence-corrected chi connectivity index (χ2v) is 8.08. The number of aliphatic hydroxyl groups excluding tert-OH is 2. The second-order valence-electron chi connectivity index (χ2n) is 8.08. The summed E-state index contributed by atoms with van der Waals surface area (Å²) < 4.78 is 23.6. The number of aliphatic hydroxyl groups is 2. The Balaban J connectivity index is 1.41. The molecule has 3 aromatic carbocycles. The largest absolute Gasteiger partial charge is 0.387 e. The maximum absolute atomic E-state index is 11.1. The molecule has 6 nitrogen and oxygen atoms in total. The molecule has 4 rings (SSSR count). The number of hydrogen-bond acceptors (Lipinski definition) is 6. The van der Waals surface area contributed by atoms with Gasteiger partial charge in [-0.25, -0.2) is 0 Å². The SMILES string of the molecule is OC1O[C@H](COCc2ccccc2)[C@H](OCc2ccccc2)[C@H](O)[C@H]1OCc1ccccc1. The van der Waals surface area contributed by atoms with E-state index in [0.29, 0.717) is 13.2 Å². The van der Waals surface area contributed by atoms with Crippen LogP contribution in [0.5, 0.6) is 0 Å². The van der Waals surface area contributed by atoms with E-state index in [0.717, 1.165) is 16.7 Å². The first-order valence-corrected chi connectivity index (χ1v) is 11.1. The first kappa shape index (κ1) is 23.6. The maximum Gasteiger partial charge on any atom is 0.184 e. The lowest BCUT2D eigenvalue weighted by atomic mass is 9.98. The lowest BCUT2D eigenvalue weighted by Crippen LogP contribution is -2.60. The van der Waals surface area contributed by atoms with Gasteiger partial charge < -0.3 is 29.2 Å². The zero-order valence-corrected chi connectivity index (χ0v) is 18.4. The molecule has 0 radical (unpaired) electrons. The summed E-state index contributed by atoms with van der Waals surface area (Å²) in [4.78, 5) is 0. The molecule has 0 aliphatic carbocycles. The van der Waals surface area contributed by atoms with Gasteiger partial charge in [0.05, 0.1) is 26.4 Å². The number of benzene rings is 3. The fraction of sp³-hybridized carbons (Fsp3) is 0.333. The minimum Gasteiger partial charge on any atom is -0.387 e. The van der Waals surface area contributed by atoms with Gasteiger partial charge in [-0.05, 0) is 16.7 Å². The molecule has 0 saturated carbocycles. The molecule has 1 saturated heterocycles. The molecular formula is C27H30O6. The van der Waals surface area contributed by atoms with E-state index in [1.807, 2.05) is 91.0 Å². The average Bonchev–Trinajstić information content (AvgIpc) is 2.85. The molecular weight excluding hydrogens is 420 g/mol. The Kier molecular flexibility index (Phi) is 8.60. The van der Waals surface area contributed by atoms with Gasteiger partial charge in [-0.15, -0.1) is 0 Å². The number of hydrogen-bond donors (Lipinski definition) is 2. The summed E-state index contributed by atoms with van der Waals surface area (Å²) in [5.74, 6) is 0.